The highest BCUT2D eigenvalue weighted by atomic mass is 15.1. The molecule has 0 aliphatic carbocycles. The Balaban J connectivity index is 0.979. The lowest BCUT2D eigenvalue weighted by Crippen LogP contribution is -1.91. The molecule has 0 fully saturated rings. The second kappa shape index (κ2) is 45.3. The molecule has 5 heterocycles. The van der Waals surface area contributed by atoms with E-state index in [1.54, 1.807) is 0 Å². The van der Waals surface area contributed by atoms with Crippen LogP contribution in [0.2, 0.25) is 0 Å². The summed E-state index contributed by atoms with van der Waals surface area (Å²) in [5, 5.41) is 2.89. The third-order valence-electron chi connectivity index (χ3n) is 25.3. The maximum absolute atomic E-state index is 5.80. The van der Waals surface area contributed by atoms with E-state index in [9.17, 15) is 0 Å². The van der Waals surface area contributed by atoms with Crippen LogP contribution in [-0.2, 0) is 51.4 Å². The molecule has 0 saturated carbocycles. The third kappa shape index (κ3) is 23.4. The molecular formula is C128H114N8. The average molecular weight is 1760 g/mol. The van der Waals surface area contributed by atoms with E-state index in [2.05, 4.69) is 403 Å². The molecule has 0 saturated heterocycles. The van der Waals surface area contributed by atoms with Gasteiger partial charge in [-0.3, -0.25) is 0 Å². The molecule has 2 aliphatic rings. The zero-order valence-corrected chi connectivity index (χ0v) is 79.7. The highest BCUT2D eigenvalue weighted by molar-refractivity contribution is 6.08. The van der Waals surface area contributed by atoms with Gasteiger partial charge in [0.2, 0.25) is 0 Å². The number of benzene rings is 12. The second-order valence-electron chi connectivity index (χ2n) is 35.8. The van der Waals surface area contributed by atoms with Gasteiger partial charge in [-0.15, -0.1) is 0 Å². The van der Waals surface area contributed by atoms with Gasteiger partial charge in [-0.05, 0) is 293 Å². The molecule has 0 atom stereocenters. The number of hydrogen-bond acceptors (Lipinski definition) is 6. The van der Waals surface area contributed by atoms with E-state index in [0.29, 0.717) is 113 Å². The van der Waals surface area contributed by atoms with Crippen LogP contribution < -0.4 is 0 Å². The Kier molecular flexibility index (Phi) is 30.7. The van der Waals surface area contributed by atoms with Crippen LogP contribution in [0.4, 0.5) is 0 Å². The van der Waals surface area contributed by atoms with Crippen molar-refractivity contribution in [2.45, 2.75) is 209 Å². The molecule has 8 heteroatoms. The smallest absolute Gasteiger partial charge is 0.164 e. The molecule has 0 radical (unpaired) electrons. The highest BCUT2D eigenvalue weighted by Gasteiger charge is 2.27. The Morgan fingerprint density at radius 3 is 0.449 bits per heavy atom. The molecule has 0 spiro atoms. The first-order valence-electron chi connectivity index (χ1n) is 49.4. The van der Waals surface area contributed by atoms with E-state index in [-0.39, 0.29) is 0 Å². The second-order valence-corrected chi connectivity index (χ2v) is 35.8. The van der Waals surface area contributed by atoms with Crippen molar-refractivity contribution in [2.75, 3.05) is 0 Å². The number of aromatic amines is 2. The summed E-state index contributed by atoms with van der Waals surface area (Å²) < 4.78 is 0. The van der Waals surface area contributed by atoms with Crippen molar-refractivity contribution in [2.24, 2.45) is 0 Å². The van der Waals surface area contributed by atoms with E-state index in [4.69, 9.17) is 29.9 Å². The van der Waals surface area contributed by atoms with Crippen LogP contribution in [0.3, 0.4) is 0 Å². The van der Waals surface area contributed by atoms with Gasteiger partial charge in [0.1, 0.15) is 22.6 Å². The largest absolute Gasteiger partial charge is 0.324 e. The standard InChI is InChI=1S/C128H114N8/c1-9-17-25-89-33-49-97(50-34-89)65-73-105-81-113-114(82-106(105)74-66-98-51-35-90(36-52-98)26-18-10-2)122-129-121(113)133-123-115-83-107(75-67-99-53-37-91(38-54-99)27-19-11-3)108(76-68-100-55-39-92(40-56-100)28-20-12-4)84-116(115)125(130-123)135-127-119-87-111(79-71-103-61-45-95(46-62-103)31-23-15-7)112(80-72-104-63-47-96(48-64-104)32-24-16-8)88-120(119)128(132-127)136-126-118-86-110(78-70-102-59-43-94(44-60-102)30-22-14-6)109(85-117(118)124(131-126)134-122)77-69-101-57-41-93(42-58-101)29-21-13-5/h33-64,81-88H,9-32H2,1-8H3,(H2,129,130,131,132,133,134,135,136). The maximum atomic E-state index is 5.80. The van der Waals surface area contributed by atoms with Crippen LogP contribution in [-0.4, -0.2) is 39.9 Å². The van der Waals surface area contributed by atoms with Gasteiger partial charge in [0.25, 0.3) is 0 Å². The molecule has 15 aromatic rings. The number of nitrogens with zero attached hydrogens (tertiary/aromatic N) is 6. The minimum absolute atomic E-state index is 0.381. The summed E-state index contributed by atoms with van der Waals surface area (Å²) in [5.74, 6) is 59.5. The lowest BCUT2D eigenvalue weighted by Gasteiger charge is -2.05. The minimum Gasteiger partial charge on any atom is -0.324 e. The van der Waals surface area contributed by atoms with E-state index in [0.717, 1.165) is 220 Å². The number of fused-ring (bicyclic) bond motifs is 20. The number of rotatable bonds is 24. The highest BCUT2D eigenvalue weighted by Crippen LogP contribution is 2.41. The molecule has 2 N–H and O–H groups in total. The number of aromatic nitrogens is 8. The van der Waals surface area contributed by atoms with Gasteiger partial charge in [0, 0.05) is 133 Å². The Labute approximate surface area is 804 Å². The van der Waals surface area contributed by atoms with Gasteiger partial charge in [-0.25, -0.2) is 29.9 Å². The predicted octanol–water partition coefficient (Wildman–Crippen LogP) is 28.8. The fourth-order valence-electron chi connectivity index (χ4n) is 17.0. The molecule has 17 rings (SSSR count). The summed E-state index contributed by atoms with van der Waals surface area (Å²) in [6.07, 6.45) is 25.9. The van der Waals surface area contributed by atoms with Crippen molar-refractivity contribution in [1.82, 2.24) is 39.9 Å². The predicted molar refractivity (Wildman–Crippen MR) is 564 cm³/mol. The van der Waals surface area contributed by atoms with Gasteiger partial charge in [-0.2, -0.15) is 0 Å². The summed E-state index contributed by atoms with van der Waals surface area (Å²) in [6.45, 7) is 17.8. The molecule has 666 valence electrons. The van der Waals surface area contributed by atoms with Gasteiger partial charge < -0.3 is 9.97 Å². The number of unbranched alkanes of at least 4 members (excludes halogenated alkanes) is 8. The zero-order valence-electron chi connectivity index (χ0n) is 79.7. The number of aryl methyl sites for hydroxylation is 8. The fourth-order valence-corrected chi connectivity index (χ4v) is 17.0. The van der Waals surface area contributed by atoms with Crippen molar-refractivity contribution in [3.63, 3.8) is 0 Å². The maximum Gasteiger partial charge on any atom is 0.164 e. The normalized spacial score (nSPS) is 10.9. The van der Waals surface area contributed by atoms with Crippen molar-refractivity contribution in [1.29, 1.82) is 0 Å². The van der Waals surface area contributed by atoms with Crippen LogP contribution in [0.25, 0.3) is 89.7 Å². The minimum atomic E-state index is 0.381. The van der Waals surface area contributed by atoms with Gasteiger partial charge in [0.05, 0.1) is 0 Å². The number of H-pyrrole nitrogens is 2. The van der Waals surface area contributed by atoms with Crippen LogP contribution >= 0.6 is 0 Å². The summed E-state index contributed by atoms with van der Waals surface area (Å²) in [7, 11) is 0. The SMILES string of the molecule is CCCCc1ccc(C#Cc2cc3c(cc2C#Cc2ccc(CCCC)cc2)-c2nc-3nc3[nH]c(nc4nc(nc5[nH]c(n2)c2cc(C#Cc6ccc(CCCC)cc6)c(C#Cc6ccc(CCCC)cc6)cc52)-c2cc(C#Cc5ccc(CCCC)cc5)c(C#Cc5ccc(CCCC)cc5)cc2-4)c2cc(C#Cc4ccc(CCCC)cc4)c(C#Cc4ccc(CCCC)cc4)cc32)cc1. The van der Waals surface area contributed by atoms with Crippen molar-refractivity contribution in [3.8, 4) is 140 Å². The third-order valence-corrected chi connectivity index (χ3v) is 25.3. The molecule has 3 aromatic heterocycles. The molecular weight excluding hydrogens is 1650 g/mol. The number of hydrogen-bond donors (Lipinski definition) is 2. The molecule has 136 heavy (non-hydrogen) atoms. The van der Waals surface area contributed by atoms with Crippen molar-refractivity contribution < 1.29 is 0 Å². The lowest BCUT2D eigenvalue weighted by molar-refractivity contribution is 0.795. The van der Waals surface area contributed by atoms with Crippen molar-refractivity contribution >= 4 is 44.1 Å². The van der Waals surface area contributed by atoms with Crippen molar-refractivity contribution in [3.05, 3.63) is 376 Å². The Bertz CT molecular complexity index is 6750. The molecule has 8 bridgehead atoms. The quantitative estimate of drug-likeness (QED) is 0.0584. The zero-order chi connectivity index (χ0) is 93.3. The first-order valence-corrected chi connectivity index (χ1v) is 49.4. The summed E-state index contributed by atoms with van der Waals surface area (Å²) >= 11 is 0. The molecule has 8 nitrogen and oxygen atoms in total. The van der Waals surface area contributed by atoms with Crippen LogP contribution in [0.15, 0.2) is 243 Å². The van der Waals surface area contributed by atoms with Gasteiger partial charge >= 0.3 is 0 Å². The van der Waals surface area contributed by atoms with E-state index < -0.39 is 0 Å². The Hall–Kier alpha value is -15.5. The first kappa shape index (κ1) is 92.3. The topological polar surface area (TPSA) is 109 Å². The first-order chi connectivity index (χ1) is 66.9. The summed E-state index contributed by atoms with van der Waals surface area (Å²) in [5.41, 5.74) is 27.6. The average Bonchev–Trinajstić information content (AvgIpc) is 1.59. The van der Waals surface area contributed by atoms with Crippen LogP contribution in [0.1, 0.15) is 292 Å². The fraction of sp³-hybridized carbons (Fsp3) is 0.250. The van der Waals surface area contributed by atoms with E-state index in [1.807, 2.05) is 0 Å². The Morgan fingerprint density at radius 2 is 0.309 bits per heavy atom. The van der Waals surface area contributed by atoms with Gasteiger partial charge in [-0.1, -0.05) is 299 Å². The van der Waals surface area contributed by atoms with E-state index in [1.165, 1.54) is 44.5 Å². The Morgan fingerprint density at radius 1 is 0.169 bits per heavy atom. The monoisotopic (exact) mass is 1760 g/mol. The lowest BCUT2D eigenvalue weighted by atomic mass is 9.98. The van der Waals surface area contributed by atoms with Gasteiger partial charge in [0.15, 0.2) is 23.3 Å². The molecule has 0 amide bonds. The summed E-state index contributed by atoms with van der Waals surface area (Å²) in [4.78, 5) is 42.2. The summed E-state index contributed by atoms with van der Waals surface area (Å²) in [6, 6.07) is 85.8. The van der Waals surface area contributed by atoms with E-state index >= 15 is 0 Å². The van der Waals surface area contributed by atoms with Crippen LogP contribution in [0, 0.1) is 94.7 Å². The molecule has 0 unspecified atom stereocenters. The molecule has 12 aromatic carbocycles. The number of nitrogens with one attached hydrogen (secondary N) is 2. The van der Waals surface area contributed by atoms with Crippen LogP contribution in [0.5, 0.6) is 0 Å². The molecule has 2 aliphatic heterocycles.